The van der Waals surface area contributed by atoms with E-state index < -0.39 is 0 Å². The lowest BCUT2D eigenvalue weighted by Crippen LogP contribution is -2.59. The summed E-state index contributed by atoms with van der Waals surface area (Å²) in [5.74, 6) is 0.697. The Balaban J connectivity index is 1.82. The Bertz CT molecular complexity index is 500. The molecule has 3 rings (SSSR count). The molecule has 6 nitrogen and oxygen atoms in total. The summed E-state index contributed by atoms with van der Waals surface area (Å²) < 4.78 is 5.82. The van der Waals surface area contributed by atoms with Crippen molar-refractivity contribution in [2.45, 2.75) is 18.6 Å². The second-order valence-electron chi connectivity index (χ2n) is 5.03. The van der Waals surface area contributed by atoms with Crippen molar-refractivity contribution in [3.8, 4) is 6.07 Å². The van der Waals surface area contributed by atoms with E-state index in [4.69, 9.17) is 10.00 Å². The van der Waals surface area contributed by atoms with E-state index in [0.717, 1.165) is 32.7 Å². The Labute approximate surface area is 112 Å². The smallest absolute Gasteiger partial charge is 0.183 e. The summed E-state index contributed by atoms with van der Waals surface area (Å²) in [5.41, 5.74) is 0.403. The third kappa shape index (κ3) is 2.27. The maximum absolute atomic E-state index is 9.12. The molecule has 0 aromatic carbocycles. The van der Waals surface area contributed by atoms with E-state index >= 15 is 0 Å². The number of hydrogen-bond donors (Lipinski definition) is 0. The van der Waals surface area contributed by atoms with Gasteiger partial charge in [-0.2, -0.15) is 5.26 Å². The fourth-order valence-electron chi connectivity index (χ4n) is 2.87. The molecule has 2 saturated heterocycles. The summed E-state index contributed by atoms with van der Waals surface area (Å²) in [6, 6.07) is 2.49. The number of nitriles is 1. The molecule has 1 aromatic heterocycles. The van der Waals surface area contributed by atoms with Crippen LogP contribution in [0, 0.1) is 11.3 Å². The Morgan fingerprint density at radius 2 is 2.21 bits per heavy atom. The lowest BCUT2D eigenvalue weighted by molar-refractivity contribution is -0.0687. The molecule has 6 heteroatoms. The predicted molar refractivity (Wildman–Crippen MR) is 69.7 cm³/mol. The first-order chi connectivity index (χ1) is 9.29. The molecule has 2 aliphatic heterocycles. The highest BCUT2D eigenvalue weighted by Gasteiger charge is 2.36. The van der Waals surface area contributed by atoms with Gasteiger partial charge in [-0.25, -0.2) is 9.97 Å². The molecule has 0 spiro atoms. The van der Waals surface area contributed by atoms with Crippen LogP contribution in [-0.2, 0) is 4.74 Å². The van der Waals surface area contributed by atoms with Crippen molar-refractivity contribution in [3.63, 3.8) is 0 Å². The highest BCUT2D eigenvalue weighted by atomic mass is 16.5. The van der Waals surface area contributed by atoms with E-state index in [2.05, 4.69) is 32.9 Å². The van der Waals surface area contributed by atoms with Gasteiger partial charge in [0.15, 0.2) is 11.5 Å². The van der Waals surface area contributed by atoms with Gasteiger partial charge in [-0.3, -0.25) is 4.90 Å². The van der Waals surface area contributed by atoms with Crippen LogP contribution >= 0.6 is 0 Å². The first-order valence-corrected chi connectivity index (χ1v) is 6.57. The van der Waals surface area contributed by atoms with Crippen LogP contribution in [0.25, 0.3) is 0 Å². The lowest BCUT2D eigenvalue weighted by Gasteiger charge is -2.46. The highest BCUT2D eigenvalue weighted by Crippen LogP contribution is 2.25. The topological polar surface area (TPSA) is 65.3 Å². The molecule has 0 N–H and O–H groups in total. The van der Waals surface area contributed by atoms with E-state index in [9.17, 15) is 0 Å². The molecule has 2 fully saturated rings. The van der Waals surface area contributed by atoms with Gasteiger partial charge >= 0.3 is 0 Å². The number of ether oxygens (including phenoxy) is 1. The zero-order valence-electron chi connectivity index (χ0n) is 11.0. The van der Waals surface area contributed by atoms with Gasteiger partial charge in [-0.15, -0.1) is 0 Å². The van der Waals surface area contributed by atoms with Crippen molar-refractivity contribution in [2.24, 2.45) is 0 Å². The first kappa shape index (κ1) is 12.3. The quantitative estimate of drug-likeness (QED) is 0.720. The summed E-state index contributed by atoms with van der Waals surface area (Å²) in [6.45, 7) is 3.48. The summed E-state index contributed by atoms with van der Waals surface area (Å²) in [4.78, 5) is 12.9. The standard InChI is InChI=1S/C13H17N5O/c1-17-6-7-19-12-2-5-18(9-11(12)17)13-10(8-14)15-3-4-16-13/h3-4,11-12H,2,5-7,9H2,1H3/t11-,12-/m1/s1. The molecule has 0 saturated carbocycles. The van der Waals surface area contributed by atoms with Gasteiger partial charge in [0, 0.05) is 32.0 Å². The Morgan fingerprint density at radius 1 is 1.37 bits per heavy atom. The average Bonchev–Trinajstić information content (AvgIpc) is 2.47. The van der Waals surface area contributed by atoms with Gasteiger partial charge in [-0.05, 0) is 13.5 Å². The fraction of sp³-hybridized carbons (Fsp3) is 0.615. The fourth-order valence-corrected chi connectivity index (χ4v) is 2.87. The van der Waals surface area contributed by atoms with Crippen molar-refractivity contribution < 1.29 is 4.74 Å². The number of likely N-dealkylation sites (N-methyl/N-ethyl adjacent to an activating group) is 1. The van der Waals surface area contributed by atoms with E-state index in [1.807, 2.05) is 0 Å². The van der Waals surface area contributed by atoms with Gasteiger partial charge < -0.3 is 9.64 Å². The highest BCUT2D eigenvalue weighted by molar-refractivity contribution is 5.50. The molecule has 3 heterocycles. The normalized spacial score (nSPS) is 27.7. The number of hydrogen-bond acceptors (Lipinski definition) is 6. The van der Waals surface area contributed by atoms with Crippen LogP contribution in [0.5, 0.6) is 0 Å². The number of nitrogens with zero attached hydrogens (tertiary/aromatic N) is 5. The zero-order valence-corrected chi connectivity index (χ0v) is 11.0. The molecule has 2 aliphatic rings. The summed E-state index contributed by atoms with van der Waals surface area (Å²) in [5, 5.41) is 9.12. The van der Waals surface area contributed by atoms with Gasteiger partial charge in [-0.1, -0.05) is 0 Å². The van der Waals surface area contributed by atoms with Crippen molar-refractivity contribution in [1.29, 1.82) is 5.26 Å². The molecular weight excluding hydrogens is 242 g/mol. The van der Waals surface area contributed by atoms with E-state index in [-0.39, 0.29) is 0 Å². The predicted octanol–water partition coefficient (Wildman–Crippen LogP) is 0.258. The first-order valence-electron chi connectivity index (χ1n) is 6.57. The molecule has 0 amide bonds. The van der Waals surface area contributed by atoms with Crippen LogP contribution in [0.2, 0.25) is 0 Å². The van der Waals surface area contributed by atoms with Crippen molar-refractivity contribution in [1.82, 2.24) is 14.9 Å². The number of rotatable bonds is 1. The van der Waals surface area contributed by atoms with Crippen LogP contribution in [0.15, 0.2) is 12.4 Å². The van der Waals surface area contributed by atoms with Crippen LogP contribution in [0.4, 0.5) is 5.82 Å². The maximum atomic E-state index is 9.12. The Hall–Kier alpha value is -1.71. The van der Waals surface area contributed by atoms with Gasteiger partial charge in [0.25, 0.3) is 0 Å². The molecule has 0 radical (unpaired) electrons. The molecule has 0 unspecified atom stereocenters. The van der Waals surface area contributed by atoms with E-state index in [1.165, 1.54) is 0 Å². The molecule has 0 aliphatic carbocycles. The molecule has 2 atom stereocenters. The average molecular weight is 259 g/mol. The van der Waals surface area contributed by atoms with Gasteiger partial charge in [0.2, 0.25) is 0 Å². The van der Waals surface area contributed by atoms with Crippen molar-refractivity contribution >= 4 is 5.82 Å². The minimum Gasteiger partial charge on any atom is -0.375 e. The van der Waals surface area contributed by atoms with Crippen molar-refractivity contribution in [3.05, 3.63) is 18.1 Å². The summed E-state index contributed by atoms with van der Waals surface area (Å²) >= 11 is 0. The van der Waals surface area contributed by atoms with E-state index in [1.54, 1.807) is 12.4 Å². The van der Waals surface area contributed by atoms with Crippen LogP contribution < -0.4 is 4.90 Å². The SMILES string of the molecule is CN1CCO[C@@H]2CCN(c3nccnc3C#N)C[C@H]21. The van der Waals surface area contributed by atoms with Crippen molar-refractivity contribution in [2.75, 3.05) is 38.2 Å². The largest absolute Gasteiger partial charge is 0.375 e. The number of anilines is 1. The zero-order chi connectivity index (χ0) is 13.2. The molecule has 100 valence electrons. The third-order valence-electron chi connectivity index (χ3n) is 3.95. The second kappa shape index (κ2) is 5.11. The molecular formula is C13H17N5O. The Kier molecular flexibility index (Phi) is 3.32. The van der Waals surface area contributed by atoms with Gasteiger partial charge in [0.05, 0.1) is 18.8 Å². The summed E-state index contributed by atoms with van der Waals surface area (Å²) in [7, 11) is 2.13. The number of aromatic nitrogens is 2. The Morgan fingerprint density at radius 3 is 3.05 bits per heavy atom. The van der Waals surface area contributed by atoms with E-state index in [0.29, 0.717) is 23.7 Å². The number of morpholine rings is 1. The summed E-state index contributed by atoms with van der Waals surface area (Å²) in [6.07, 6.45) is 4.47. The van der Waals surface area contributed by atoms with Crippen LogP contribution in [0.3, 0.4) is 0 Å². The second-order valence-corrected chi connectivity index (χ2v) is 5.03. The third-order valence-corrected chi connectivity index (χ3v) is 3.95. The lowest BCUT2D eigenvalue weighted by atomic mass is 9.99. The minimum atomic E-state index is 0.303. The molecule has 1 aromatic rings. The maximum Gasteiger partial charge on any atom is 0.183 e. The van der Waals surface area contributed by atoms with Crippen LogP contribution in [-0.4, -0.2) is 60.3 Å². The minimum absolute atomic E-state index is 0.303. The number of fused-ring (bicyclic) bond motifs is 1. The van der Waals surface area contributed by atoms with Gasteiger partial charge in [0.1, 0.15) is 6.07 Å². The number of piperidine rings is 1. The molecule has 0 bridgehead atoms. The monoisotopic (exact) mass is 259 g/mol. The molecule has 19 heavy (non-hydrogen) atoms. The van der Waals surface area contributed by atoms with Crippen LogP contribution in [0.1, 0.15) is 12.1 Å².